The van der Waals surface area contributed by atoms with Gasteiger partial charge in [0.2, 0.25) is 0 Å². The summed E-state index contributed by atoms with van der Waals surface area (Å²) in [5.41, 5.74) is 0.717. The van der Waals surface area contributed by atoms with E-state index in [0.717, 1.165) is 0 Å². The van der Waals surface area contributed by atoms with Gasteiger partial charge in [-0.1, -0.05) is 18.2 Å². The molecule has 1 atom stereocenters. The average molecular weight is 285 g/mol. The van der Waals surface area contributed by atoms with Crippen LogP contribution in [0.15, 0.2) is 39.4 Å². The first-order chi connectivity index (χ1) is 7.61. The third kappa shape index (κ3) is 1.90. The Morgan fingerprint density at radius 3 is 2.75 bits per heavy atom. The monoisotopic (exact) mass is 284 g/mol. The second-order valence-corrected chi connectivity index (χ2v) is 4.37. The van der Waals surface area contributed by atoms with Crippen molar-refractivity contribution in [3.8, 4) is 0 Å². The maximum atomic E-state index is 13.8. The molecule has 1 aromatic heterocycles. The van der Waals surface area contributed by atoms with Gasteiger partial charge in [0.1, 0.15) is 11.9 Å². The van der Waals surface area contributed by atoms with Crippen LogP contribution in [0.4, 0.5) is 4.39 Å². The van der Waals surface area contributed by atoms with E-state index in [1.807, 2.05) is 0 Å². The highest BCUT2D eigenvalue weighted by atomic mass is 79.9. The second kappa shape index (κ2) is 4.39. The predicted molar refractivity (Wildman–Crippen MR) is 61.6 cm³/mol. The third-order valence-corrected chi connectivity index (χ3v) is 3.06. The fraction of sp³-hybridized carbons (Fsp3) is 0.167. The molecule has 1 aromatic carbocycles. The molecule has 1 N–H and O–H groups in total. The maximum absolute atomic E-state index is 13.8. The average Bonchev–Trinajstić information content (AvgIpc) is 2.68. The molecule has 0 aliphatic carbocycles. The molecule has 1 heterocycles. The van der Waals surface area contributed by atoms with E-state index in [0.29, 0.717) is 15.8 Å². The van der Waals surface area contributed by atoms with Crippen molar-refractivity contribution in [2.24, 2.45) is 0 Å². The molecule has 0 radical (unpaired) electrons. The lowest BCUT2D eigenvalue weighted by molar-refractivity contribution is 0.183. The van der Waals surface area contributed by atoms with Crippen molar-refractivity contribution in [3.05, 3.63) is 57.7 Å². The Bertz CT molecular complexity index is 507. The van der Waals surface area contributed by atoms with Crippen LogP contribution < -0.4 is 0 Å². The lowest BCUT2D eigenvalue weighted by Crippen LogP contribution is -2.03. The zero-order valence-electron chi connectivity index (χ0n) is 8.58. The smallest absolute Gasteiger partial charge is 0.151 e. The van der Waals surface area contributed by atoms with Crippen molar-refractivity contribution in [2.75, 3.05) is 0 Å². The molecule has 4 heteroatoms. The van der Waals surface area contributed by atoms with Crippen LogP contribution in [0.1, 0.15) is 23.0 Å². The van der Waals surface area contributed by atoms with Gasteiger partial charge in [-0.15, -0.1) is 0 Å². The zero-order valence-corrected chi connectivity index (χ0v) is 10.2. The number of aliphatic hydroxyl groups excluding tert-OH is 1. The first kappa shape index (κ1) is 11.4. The van der Waals surface area contributed by atoms with Gasteiger partial charge in [0, 0.05) is 5.56 Å². The molecule has 0 aliphatic heterocycles. The lowest BCUT2D eigenvalue weighted by atomic mass is 10.0. The minimum atomic E-state index is -1.09. The van der Waals surface area contributed by atoms with Crippen LogP contribution in [0, 0.1) is 12.7 Å². The van der Waals surface area contributed by atoms with Crippen molar-refractivity contribution >= 4 is 15.9 Å². The minimum absolute atomic E-state index is 0.218. The van der Waals surface area contributed by atoms with Gasteiger partial charge in [0.05, 0.1) is 10.7 Å². The summed E-state index contributed by atoms with van der Waals surface area (Å²) in [5, 5.41) is 10.0. The molecule has 2 rings (SSSR count). The van der Waals surface area contributed by atoms with E-state index in [2.05, 4.69) is 15.9 Å². The van der Waals surface area contributed by atoms with Crippen molar-refractivity contribution in [2.45, 2.75) is 13.0 Å². The Morgan fingerprint density at radius 2 is 2.12 bits per heavy atom. The summed E-state index contributed by atoms with van der Waals surface area (Å²) < 4.78 is 19.5. The summed E-state index contributed by atoms with van der Waals surface area (Å²) in [4.78, 5) is 0. The van der Waals surface area contributed by atoms with E-state index in [1.54, 1.807) is 31.2 Å². The molecular weight excluding hydrogens is 275 g/mol. The van der Waals surface area contributed by atoms with E-state index < -0.39 is 11.9 Å². The number of aliphatic hydroxyl groups is 1. The van der Waals surface area contributed by atoms with Crippen LogP contribution >= 0.6 is 15.9 Å². The van der Waals surface area contributed by atoms with Crippen LogP contribution in [-0.2, 0) is 0 Å². The molecule has 0 saturated heterocycles. The van der Waals surface area contributed by atoms with Crippen LogP contribution in [0.2, 0.25) is 0 Å². The van der Waals surface area contributed by atoms with Gasteiger partial charge in [-0.25, -0.2) is 4.39 Å². The van der Waals surface area contributed by atoms with Gasteiger partial charge >= 0.3 is 0 Å². The topological polar surface area (TPSA) is 33.4 Å². The molecule has 2 nitrogen and oxygen atoms in total. The van der Waals surface area contributed by atoms with Crippen molar-refractivity contribution in [3.63, 3.8) is 0 Å². The predicted octanol–water partition coefficient (Wildman–Crippen LogP) is 3.57. The number of furan rings is 1. The van der Waals surface area contributed by atoms with E-state index in [-0.39, 0.29) is 5.56 Å². The molecule has 0 aliphatic rings. The maximum Gasteiger partial charge on any atom is 0.151 e. The van der Waals surface area contributed by atoms with E-state index in [9.17, 15) is 9.50 Å². The fourth-order valence-electron chi connectivity index (χ4n) is 1.52. The Kier molecular flexibility index (Phi) is 3.12. The summed E-state index contributed by atoms with van der Waals surface area (Å²) in [5.74, 6) is -0.0946. The summed E-state index contributed by atoms with van der Waals surface area (Å²) in [6.07, 6.45) is 0.348. The van der Waals surface area contributed by atoms with Crippen molar-refractivity contribution < 1.29 is 13.9 Å². The Hall–Kier alpha value is -1.13. The number of halogens is 2. The first-order valence-corrected chi connectivity index (χ1v) is 5.56. The van der Waals surface area contributed by atoms with Crippen molar-refractivity contribution in [1.29, 1.82) is 0 Å². The molecule has 1 unspecified atom stereocenters. The number of hydrogen-bond donors (Lipinski definition) is 1. The van der Waals surface area contributed by atoms with Gasteiger partial charge in [0.15, 0.2) is 5.76 Å². The van der Waals surface area contributed by atoms with E-state index in [1.165, 1.54) is 6.26 Å². The Labute approximate surface area is 101 Å². The van der Waals surface area contributed by atoms with Crippen LogP contribution in [0.3, 0.4) is 0 Å². The molecule has 16 heavy (non-hydrogen) atoms. The summed E-state index contributed by atoms with van der Waals surface area (Å²) in [6, 6.07) is 6.56. The SMILES string of the molecule is Cc1cccc(C(O)c2occc2Br)c1F. The standard InChI is InChI=1S/C12H10BrFO2/c1-7-3-2-4-8(10(7)14)11(15)12-9(13)5-6-16-12/h2-6,11,15H,1H3. The normalized spacial score (nSPS) is 12.8. The van der Waals surface area contributed by atoms with Gasteiger partial charge in [-0.2, -0.15) is 0 Å². The Balaban J connectivity index is 2.46. The molecule has 84 valence electrons. The quantitative estimate of drug-likeness (QED) is 0.915. The minimum Gasteiger partial charge on any atom is -0.465 e. The lowest BCUT2D eigenvalue weighted by Gasteiger charge is -2.11. The first-order valence-electron chi connectivity index (χ1n) is 4.77. The number of rotatable bonds is 2. The molecule has 0 spiro atoms. The molecule has 2 aromatic rings. The van der Waals surface area contributed by atoms with Crippen LogP contribution in [-0.4, -0.2) is 5.11 Å². The number of aryl methyl sites for hydroxylation is 1. The van der Waals surface area contributed by atoms with Crippen LogP contribution in [0.5, 0.6) is 0 Å². The molecule has 0 amide bonds. The zero-order chi connectivity index (χ0) is 11.7. The summed E-state index contributed by atoms with van der Waals surface area (Å²) >= 11 is 3.23. The third-order valence-electron chi connectivity index (χ3n) is 2.41. The Morgan fingerprint density at radius 1 is 1.38 bits per heavy atom. The van der Waals surface area contributed by atoms with Gasteiger partial charge < -0.3 is 9.52 Å². The van der Waals surface area contributed by atoms with Gasteiger partial charge in [0.25, 0.3) is 0 Å². The highest BCUT2D eigenvalue weighted by molar-refractivity contribution is 9.10. The van der Waals surface area contributed by atoms with E-state index >= 15 is 0 Å². The molecule has 0 fully saturated rings. The van der Waals surface area contributed by atoms with Gasteiger partial charge in [-0.3, -0.25) is 0 Å². The molecule has 0 bridgehead atoms. The summed E-state index contributed by atoms with van der Waals surface area (Å²) in [6.45, 7) is 1.66. The van der Waals surface area contributed by atoms with E-state index in [4.69, 9.17) is 4.42 Å². The highest BCUT2D eigenvalue weighted by Gasteiger charge is 2.20. The molecular formula is C12H10BrFO2. The summed E-state index contributed by atoms with van der Waals surface area (Å²) in [7, 11) is 0. The number of benzene rings is 1. The second-order valence-electron chi connectivity index (χ2n) is 3.51. The highest BCUT2D eigenvalue weighted by Crippen LogP contribution is 2.31. The molecule has 0 saturated carbocycles. The van der Waals surface area contributed by atoms with Crippen molar-refractivity contribution in [1.82, 2.24) is 0 Å². The number of hydrogen-bond acceptors (Lipinski definition) is 2. The van der Waals surface area contributed by atoms with Crippen LogP contribution in [0.25, 0.3) is 0 Å². The fourth-order valence-corrected chi connectivity index (χ4v) is 1.94. The van der Waals surface area contributed by atoms with Gasteiger partial charge in [-0.05, 0) is 34.5 Å². The largest absolute Gasteiger partial charge is 0.465 e.